The molecule has 9 nitrogen and oxygen atoms in total. The lowest BCUT2D eigenvalue weighted by molar-refractivity contribution is 0.0211. The minimum atomic E-state index is 0.219. The number of anilines is 3. The summed E-state index contributed by atoms with van der Waals surface area (Å²) in [5.41, 5.74) is 9.71. The number of nitrogens with zero attached hydrogens (tertiary/aromatic N) is 4. The molecule has 0 atom stereocenters. The van der Waals surface area contributed by atoms with Crippen LogP contribution in [0, 0.1) is 0 Å². The second-order valence-electron chi connectivity index (χ2n) is 7.45. The molecule has 9 heteroatoms. The zero-order chi connectivity index (χ0) is 21.2. The topological polar surface area (TPSA) is 112 Å². The van der Waals surface area contributed by atoms with Gasteiger partial charge in [-0.15, -0.1) is 0 Å². The normalized spacial score (nSPS) is 13.7. The number of nitrogens with one attached hydrogen (secondary N) is 2. The van der Waals surface area contributed by atoms with Crippen LogP contribution in [0.25, 0.3) is 11.0 Å². The Labute approximate surface area is 179 Å². The van der Waals surface area contributed by atoms with E-state index in [1.54, 1.807) is 12.4 Å². The molecule has 158 valence electrons. The number of ether oxygens (including phenoxy) is 2. The number of hydrogen-bond acceptors (Lipinski definition) is 8. The number of hydrogen-bond donors (Lipinski definition) is 3. The van der Waals surface area contributed by atoms with Crippen molar-refractivity contribution in [1.29, 1.82) is 0 Å². The molecule has 3 heterocycles. The van der Waals surface area contributed by atoms with Gasteiger partial charge in [-0.05, 0) is 35.9 Å². The monoisotopic (exact) mass is 417 g/mol. The smallest absolute Gasteiger partial charge is 0.220 e. The molecule has 1 fully saturated rings. The van der Waals surface area contributed by atoms with Gasteiger partial charge in [0.2, 0.25) is 11.9 Å². The molecule has 0 aliphatic carbocycles. The maximum absolute atomic E-state index is 5.73. The standard InChI is InChI=1S/C22H23N7O2/c1-29-20-8-15(27-16-12-30-13-16)4-7-19(20)28-22(29)26-9-14-2-5-17(6-3-14)31-18-10-24-21(23)25-11-18/h2-8,10-11,16,27H,9,12-13H2,1H3,(H,26,28)(H2,23,24,25). The Hall–Kier alpha value is -3.85. The lowest BCUT2D eigenvalue weighted by Crippen LogP contribution is -2.40. The summed E-state index contributed by atoms with van der Waals surface area (Å²) in [7, 11) is 2.01. The molecule has 4 N–H and O–H groups in total. The molecule has 0 radical (unpaired) electrons. The van der Waals surface area contributed by atoms with Gasteiger partial charge >= 0.3 is 0 Å². The van der Waals surface area contributed by atoms with Crippen molar-refractivity contribution in [3.05, 3.63) is 60.4 Å². The highest BCUT2D eigenvalue weighted by Crippen LogP contribution is 2.24. The van der Waals surface area contributed by atoms with Gasteiger partial charge in [0.05, 0.1) is 42.7 Å². The second kappa shape index (κ2) is 8.11. The van der Waals surface area contributed by atoms with Crippen LogP contribution < -0.4 is 21.1 Å². The first-order chi connectivity index (χ1) is 15.1. The van der Waals surface area contributed by atoms with Crippen molar-refractivity contribution < 1.29 is 9.47 Å². The molecule has 2 aromatic carbocycles. The first-order valence-electron chi connectivity index (χ1n) is 10.0. The van der Waals surface area contributed by atoms with E-state index >= 15 is 0 Å². The van der Waals surface area contributed by atoms with Gasteiger partial charge in [-0.25, -0.2) is 15.0 Å². The SMILES string of the molecule is Cn1c(NCc2ccc(Oc3cnc(N)nc3)cc2)nc2ccc(NC3COC3)cc21. The average Bonchev–Trinajstić information content (AvgIpc) is 3.07. The molecule has 4 aromatic rings. The van der Waals surface area contributed by atoms with Crippen molar-refractivity contribution in [2.45, 2.75) is 12.6 Å². The number of nitrogen functional groups attached to an aromatic ring is 1. The Balaban J connectivity index is 1.23. The van der Waals surface area contributed by atoms with Gasteiger partial charge < -0.3 is 30.4 Å². The van der Waals surface area contributed by atoms with Gasteiger partial charge in [0.1, 0.15) is 5.75 Å². The van der Waals surface area contributed by atoms with E-state index in [0.717, 1.165) is 41.4 Å². The summed E-state index contributed by atoms with van der Waals surface area (Å²) in [5.74, 6) is 2.28. The molecular formula is C22H23N7O2. The van der Waals surface area contributed by atoms with Crippen molar-refractivity contribution in [2.75, 3.05) is 29.6 Å². The van der Waals surface area contributed by atoms with Crippen molar-refractivity contribution in [1.82, 2.24) is 19.5 Å². The number of nitrogens with two attached hydrogens (primary N) is 1. The summed E-state index contributed by atoms with van der Waals surface area (Å²) >= 11 is 0. The molecule has 1 aliphatic heterocycles. The number of aromatic nitrogens is 4. The highest BCUT2D eigenvalue weighted by Gasteiger charge is 2.18. The van der Waals surface area contributed by atoms with E-state index < -0.39 is 0 Å². The van der Waals surface area contributed by atoms with Gasteiger partial charge in [-0.3, -0.25) is 0 Å². The third kappa shape index (κ3) is 4.22. The fourth-order valence-corrected chi connectivity index (χ4v) is 3.36. The van der Waals surface area contributed by atoms with Gasteiger partial charge in [0.15, 0.2) is 5.75 Å². The minimum absolute atomic E-state index is 0.219. The molecule has 1 saturated heterocycles. The molecule has 0 saturated carbocycles. The average molecular weight is 417 g/mol. The summed E-state index contributed by atoms with van der Waals surface area (Å²) in [6.07, 6.45) is 3.09. The number of fused-ring (bicyclic) bond motifs is 1. The lowest BCUT2D eigenvalue weighted by atomic mass is 10.2. The fourth-order valence-electron chi connectivity index (χ4n) is 3.36. The van der Waals surface area contributed by atoms with E-state index in [-0.39, 0.29) is 5.95 Å². The third-order valence-corrected chi connectivity index (χ3v) is 5.15. The summed E-state index contributed by atoms with van der Waals surface area (Å²) in [6.45, 7) is 2.16. The molecular weight excluding hydrogens is 394 g/mol. The number of aryl methyl sites for hydroxylation is 1. The molecule has 0 bridgehead atoms. The first kappa shape index (κ1) is 19.1. The van der Waals surface area contributed by atoms with E-state index in [4.69, 9.17) is 20.2 Å². The third-order valence-electron chi connectivity index (χ3n) is 5.15. The van der Waals surface area contributed by atoms with E-state index in [2.05, 4.69) is 37.3 Å². The van der Waals surface area contributed by atoms with Crippen LogP contribution in [0.3, 0.4) is 0 Å². The van der Waals surface area contributed by atoms with Crippen LogP contribution in [0.4, 0.5) is 17.6 Å². The molecule has 2 aromatic heterocycles. The van der Waals surface area contributed by atoms with Gasteiger partial charge in [0.25, 0.3) is 0 Å². The van der Waals surface area contributed by atoms with Crippen molar-refractivity contribution >= 4 is 28.6 Å². The van der Waals surface area contributed by atoms with Crippen molar-refractivity contribution in [2.24, 2.45) is 7.05 Å². The predicted octanol–water partition coefficient (Wildman–Crippen LogP) is 3.16. The van der Waals surface area contributed by atoms with Crippen LogP contribution in [-0.2, 0) is 18.3 Å². The number of rotatable bonds is 7. The number of imidazole rings is 1. The number of benzene rings is 2. The maximum Gasteiger partial charge on any atom is 0.220 e. The molecule has 0 unspecified atom stereocenters. The summed E-state index contributed by atoms with van der Waals surface area (Å²) in [4.78, 5) is 12.6. The molecule has 5 rings (SSSR count). The minimum Gasteiger partial charge on any atom is -0.454 e. The van der Waals surface area contributed by atoms with E-state index in [1.807, 2.05) is 37.4 Å². The van der Waals surface area contributed by atoms with E-state index in [0.29, 0.717) is 24.1 Å². The van der Waals surface area contributed by atoms with Gasteiger partial charge in [-0.2, -0.15) is 0 Å². The predicted molar refractivity (Wildman–Crippen MR) is 119 cm³/mol. The van der Waals surface area contributed by atoms with Crippen molar-refractivity contribution in [3.63, 3.8) is 0 Å². The van der Waals surface area contributed by atoms with Crippen LogP contribution in [0.2, 0.25) is 0 Å². The Morgan fingerprint density at radius 3 is 2.58 bits per heavy atom. The summed E-state index contributed by atoms with van der Waals surface area (Å²) in [6, 6.07) is 14.4. The van der Waals surface area contributed by atoms with Crippen LogP contribution in [0.1, 0.15) is 5.56 Å². The van der Waals surface area contributed by atoms with Gasteiger partial charge in [0, 0.05) is 19.3 Å². The first-order valence-corrected chi connectivity index (χ1v) is 10.0. The Morgan fingerprint density at radius 1 is 1.10 bits per heavy atom. The van der Waals surface area contributed by atoms with Crippen LogP contribution in [0.15, 0.2) is 54.9 Å². The lowest BCUT2D eigenvalue weighted by Gasteiger charge is -2.27. The highest BCUT2D eigenvalue weighted by molar-refractivity contribution is 5.82. The van der Waals surface area contributed by atoms with Crippen LogP contribution >= 0.6 is 0 Å². The largest absolute Gasteiger partial charge is 0.454 e. The molecule has 0 amide bonds. The molecule has 0 spiro atoms. The Morgan fingerprint density at radius 2 is 1.87 bits per heavy atom. The maximum atomic E-state index is 5.73. The quantitative estimate of drug-likeness (QED) is 0.420. The Bertz CT molecular complexity index is 1190. The van der Waals surface area contributed by atoms with Crippen molar-refractivity contribution in [3.8, 4) is 11.5 Å². The highest BCUT2D eigenvalue weighted by atomic mass is 16.5. The second-order valence-corrected chi connectivity index (χ2v) is 7.45. The van der Waals surface area contributed by atoms with E-state index in [1.165, 1.54) is 0 Å². The fraction of sp³-hybridized carbons (Fsp3) is 0.227. The molecule has 1 aliphatic rings. The summed E-state index contributed by atoms with van der Waals surface area (Å²) in [5, 5.41) is 6.89. The van der Waals surface area contributed by atoms with Crippen LogP contribution in [-0.4, -0.2) is 38.8 Å². The molecule has 31 heavy (non-hydrogen) atoms. The zero-order valence-electron chi connectivity index (χ0n) is 17.1. The van der Waals surface area contributed by atoms with Crippen LogP contribution in [0.5, 0.6) is 11.5 Å². The summed E-state index contributed by atoms with van der Waals surface area (Å²) < 4.78 is 13.0. The Kier molecular flexibility index (Phi) is 5.01. The van der Waals surface area contributed by atoms with Gasteiger partial charge in [-0.1, -0.05) is 12.1 Å². The zero-order valence-corrected chi connectivity index (χ0v) is 17.1. The van der Waals surface area contributed by atoms with E-state index in [9.17, 15) is 0 Å².